The number of carbonyl (C=O) groups is 2. The highest BCUT2D eigenvalue weighted by Crippen LogP contribution is 2.31. The molecule has 0 spiro atoms. The Bertz CT molecular complexity index is 1020. The topological polar surface area (TPSA) is 64.4 Å². The van der Waals surface area contributed by atoms with Crippen LogP contribution in [0.1, 0.15) is 28.5 Å². The van der Waals surface area contributed by atoms with E-state index in [0.717, 1.165) is 29.1 Å². The Hall–Kier alpha value is -3.41. The Morgan fingerprint density at radius 2 is 1.86 bits per heavy atom. The first-order chi connectivity index (χ1) is 13.5. The molecule has 6 heteroatoms. The summed E-state index contributed by atoms with van der Waals surface area (Å²) >= 11 is 0. The van der Waals surface area contributed by atoms with Gasteiger partial charge in [-0.15, -0.1) is 0 Å². The van der Waals surface area contributed by atoms with Crippen molar-refractivity contribution in [3.8, 4) is 5.69 Å². The maximum atomic E-state index is 12.6. The van der Waals surface area contributed by atoms with Crippen LogP contribution < -0.4 is 4.90 Å². The Morgan fingerprint density at radius 3 is 2.57 bits per heavy atom. The second-order valence-electron chi connectivity index (χ2n) is 6.95. The third-order valence-electron chi connectivity index (χ3n) is 4.98. The molecule has 1 aromatic heterocycles. The van der Waals surface area contributed by atoms with Crippen molar-refractivity contribution in [2.45, 2.75) is 26.3 Å². The number of carbonyl (C=O) groups excluding carboxylic acids is 2. The van der Waals surface area contributed by atoms with Gasteiger partial charge in [-0.2, -0.15) is 5.10 Å². The van der Waals surface area contributed by atoms with Crippen LogP contribution in [0.4, 0.5) is 5.69 Å². The van der Waals surface area contributed by atoms with Crippen molar-refractivity contribution in [3.63, 3.8) is 0 Å². The quantitative estimate of drug-likeness (QED) is 0.656. The Kier molecular flexibility index (Phi) is 4.69. The van der Waals surface area contributed by atoms with E-state index in [1.807, 2.05) is 44.2 Å². The van der Waals surface area contributed by atoms with Gasteiger partial charge in [-0.1, -0.05) is 18.2 Å². The molecule has 4 rings (SSSR count). The van der Waals surface area contributed by atoms with E-state index < -0.39 is 5.97 Å². The summed E-state index contributed by atoms with van der Waals surface area (Å²) in [6.07, 6.45) is 2.53. The maximum Gasteiger partial charge on any atom is 0.338 e. The molecule has 1 aliphatic rings. The molecular weight excluding hydrogens is 354 g/mol. The van der Waals surface area contributed by atoms with E-state index in [9.17, 15) is 9.59 Å². The standard InChI is InChI=1S/C22H21N3O3/c1-15-11-12-23-25(15)19-9-7-17(8-10-19)22(27)28-14-21(26)24-16(2)13-18-5-3-4-6-20(18)24/h3-12,16H,13-14H2,1-2H3/t16-/m0/s1. The van der Waals surface area contributed by atoms with Crippen LogP contribution >= 0.6 is 0 Å². The van der Waals surface area contributed by atoms with E-state index >= 15 is 0 Å². The largest absolute Gasteiger partial charge is 0.452 e. The summed E-state index contributed by atoms with van der Waals surface area (Å²) in [5, 5.41) is 4.24. The molecule has 0 fully saturated rings. The Morgan fingerprint density at radius 1 is 1.11 bits per heavy atom. The van der Waals surface area contributed by atoms with Crippen LogP contribution in [0.3, 0.4) is 0 Å². The lowest BCUT2D eigenvalue weighted by Gasteiger charge is -2.22. The molecule has 0 N–H and O–H groups in total. The van der Waals surface area contributed by atoms with Crippen molar-refractivity contribution >= 4 is 17.6 Å². The number of anilines is 1. The number of esters is 1. The van der Waals surface area contributed by atoms with Gasteiger partial charge in [-0.3, -0.25) is 4.79 Å². The van der Waals surface area contributed by atoms with Crippen LogP contribution in [0.25, 0.3) is 5.69 Å². The number of nitrogens with zero attached hydrogens (tertiary/aromatic N) is 3. The zero-order valence-corrected chi connectivity index (χ0v) is 15.8. The smallest absolute Gasteiger partial charge is 0.338 e. The van der Waals surface area contributed by atoms with Gasteiger partial charge >= 0.3 is 5.97 Å². The minimum atomic E-state index is -0.516. The van der Waals surface area contributed by atoms with Crippen LogP contribution in [0.2, 0.25) is 0 Å². The third-order valence-corrected chi connectivity index (χ3v) is 4.98. The van der Waals surface area contributed by atoms with E-state index in [4.69, 9.17) is 4.74 Å². The molecule has 1 aliphatic heterocycles. The molecule has 0 saturated carbocycles. The maximum absolute atomic E-state index is 12.6. The number of rotatable bonds is 4. The first kappa shape index (κ1) is 18.0. The number of para-hydroxylation sites is 1. The lowest BCUT2D eigenvalue weighted by atomic mass is 10.1. The van der Waals surface area contributed by atoms with E-state index in [0.29, 0.717) is 5.56 Å². The summed E-state index contributed by atoms with van der Waals surface area (Å²) in [4.78, 5) is 26.7. The number of hydrogen-bond acceptors (Lipinski definition) is 4. The van der Waals surface area contributed by atoms with Crippen LogP contribution in [-0.4, -0.2) is 34.3 Å². The van der Waals surface area contributed by atoms with Crippen molar-refractivity contribution in [2.24, 2.45) is 0 Å². The molecule has 0 saturated heterocycles. The molecule has 0 radical (unpaired) electrons. The molecule has 6 nitrogen and oxygen atoms in total. The van der Waals surface area contributed by atoms with Gasteiger partial charge < -0.3 is 9.64 Å². The summed E-state index contributed by atoms with van der Waals surface area (Å²) in [7, 11) is 0. The lowest BCUT2D eigenvalue weighted by molar-refractivity contribution is -0.122. The van der Waals surface area contributed by atoms with Crippen molar-refractivity contribution in [2.75, 3.05) is 11.5 Å². The van der Waals surface area contributed by atoms with Crippen molar-refractivity contribution < 1.29 is 14.3 Å². The number of ether oxygens (including phenoxy) is 1. The number of hydrogen-bond donors (Lipinski definition) is 0. The van der Waals surface area contributed by atoms with E-state index in [1.54, 1.807) is 40.0 Å². The normalized spacial score (nSPS) is 15.4. The molecule has 28 heavy (non-hydrogen) atoms. The fourth-order valence-corrected chi connectivity index (χ4v) is 3.60. The summed E-state index contributed by atoms with van der Waals surface area (Å²) in [5.41, 5.74) is 4.30. The first-order valence-corrected chi connectivity index (χ1v) is 9.23. The minimum Gasteiger partial charge on any atom is -0.452 e. The molecule has 0 aliphatic carbocycles. The third kappa shape index (κ3) is 3.29. The highest BCUT2D eigenvalue weighted by Gasteiger charge is 2.31. The van der Waals surface area contributed by atoms with Gasteiger partial charge in [0.1, 0.15) is 0 Å². The number of aromatic nitrogens is 2. The zero-order chi connectivity index (χ0) is 19.7. The minimum absolute atomic E-state index is 0.0557. The summed E-state index contributed by atoms with van der Waals surface area (Å²) in [6.45, 7) is 3.67. The molecule has 2 heterocycles. The highest BCUT2D eigenvalue weighted by atomic mass is 16.5. The summed E-state index contributed by atoms with van der Waals surface area (Å²) in [5.74, 6) is -0.730. The second-order valence-corrected chi connectivity index (χ2v) is 6.95. The van der Waals surface area contributed by atoms with Crippen LogP contribution in [-0.2, 0) is 16.0 Å². The van der Waals surface area contributed by atoms with E-state index in [1.165, 1.54) is 0 Å². The second kappa shape index (κ2) is 7.31. The van der Waals surface area contributed by atoms with Crippen molar-refractivity contribution in [1.82, 2.24) is 9.78 Å². The van der Waals surface area contributed by atoms with Crippen LogP contribution in [0.5, 0.6) is 0 Å². The number of amides is 1. The first-order valence-electron chi connectivity index (χ1n) is 9.23. The summed E-state index contributed by atoms with van der Waals surface area (Å²) < 4.78 is 7.05. The molecular formula is C22H21N3O3. The van der Waals surface area contributed by atoms with Gasteiger partial charge in [0.25, 0.3) is 5.91 Å². The van der Waals surface area contributed by atoms with Gasteiger partial charge in [-0.05, 0) is 62.2 Å². The van der Waals surface area contributed by atoms with Crippen LogP contribution in [0.15, 0.2) is 60.8 Å². The molecule has 3 aromatic rings. The average molecular weight is 375 g/mol. The van der Waals surface area contributed by atoms with Gasteiger partial charge in [0.15, 0.2) is 6.61 Å². The number of fused-ring (bicyclic) bond motifs is 1. The number of aryl methyl sites for hydroxylation is 1. The van der Waals surface area contributed by atoms with Crippen molar-refractivity contribution in [3.05, 3.63) is 77.6 Å². The molecule has 0 unspecified atom stereocenters. The van der Waals surface area contributed by atoms with E-state index in [2.05, 4.69) is 5.10 Å². The SMILES string of the molecule is Cc1ccnn1-c1ccc(C(=O)OCC(=O)N2c3ccccc3C[C@@H]2C)cc1. The highest BCUT2D eigenvalue weighted by molar-refractivity contribution is 5.99. The Balaban J connectivity index is 1.41. The van der Waals surface area contributed by atoms with Gasteiger partial charge in [0.2, 0.25) is 0 Å². The zero-order valence-electron chi connectivity index (χ0n) is 15.8. The molecule has 1 atom stereocenters. The molecule has 142 valence electrons. The van der Waals surface area contributed by atoms with Gasteiger partial charge in [-0.25, -0.2) is 9.48 Å². The predicted octanol–water partition coefficient (Wildman–Crippen LogP) is 3.32. The number of benzene rings is 2. The fourth-order valence-electron chi connectivity index (χ4n) is 3.60. The van der Waals surface area contributed by atoms with Crippen molar-refractivity contribution in [1.29, 1.82) is 0 Å². The van der Waals surface area contributed by atoms with Gasteiger partial charge in [0, 0.05) is 23.6 Å². The summed E-state index contributed by atoms with van der Waals surface area (Å²) in [6, 6.07) is 16.7. The predicted molar refractivity (Wildman–Crippen MR) is 106 cm³/mol. The van der Waals surface area contributed by atoms with Gasteiger partial charge in [0.05, 0.1) is 11.3 Å². The van der Waals surface area contributed by atoms with Crippen LogP contribution in [0, 0.1) is 6.92 Å². The molecule has 0 bridgehead atoms. The van der Waals surface area contributed by atoms with E-state index in [-0.39, 0.29) is 18.6 Å². The lowest BCUT2D eigenvalue weighted by Crippen LogP contribution is -2.38. The monoisotopic (exact) mass is 375 g/mol. The average Bonchev–Trinajstić information content (AvgIpc) is 3.28. The fraction of sp³-hybridized carbons (Fsp3) is 0.227. The Labute approximate surface area is 163 Å². The molecule has 1 amide bonds. The molecule has 2 aromatic carbocycles.